The Balaban J connectivity index is 1.55. The molecule has 1 unspecified atom stereocenters. The van der Waals surface area contributed by atoms with Crippen LogP contribution in [0.1, 0.15) is 48.5 Å². The third kappa shape index (κ3) is 8.60. The average Bonchev–Trinajstić information content (AvgIpc) is 3.37. The summed E-state index contributed by atoms with van der Waals surface area (Å²) in [7, 11) is 0. The molecule has 0 saturated heterocycles. The Morgan fingerprint density at radius 2 is 1.74 bits per heavy atom. The molecule has 1 atom stereocenters. The van der Waals surface area contributed by atoms with Crippen molar-refractivity contribution >= 4 is 57.8 Å². The van der Waals surface area contributed by atoms with Gasteiger partial charge >= 0.3 is 12.4 Å². The van der Waals surface area contributed by atoms with Gasteiger partial charge in [0.1, 0.15) is 11.5 Å². The fourth-order valence-electron chi connectivity index (χ4n) is 4.68. The number of hydrogen-bond donors (Lipinski definition) is 4. The highest BCUT2D eigenvalue weighted by Crippen LogP contribution is 2.38. The Morgan fingerprint density at radius 3 is 2.35 bits per heavy atom. The lowest BCUT2D eigenvalue weighted by Crippen LogP contribution is -2.40. The largest absolute Gasteiger partial charge is 0.471 e. The number of anilines is 2. The number of fused-ring (bicyclic) bond motifs is 1. The standard InChI is InChI=1S/C27H26Cl2F8N6O3/c1-11(26(32,33)34)22(44)38-9-12-2-7-16(28)20(19(12)29)41-25-40-17-8-15(24(42-21(17)43-25)46-10-18(30)31)23(45)39-14-5-3-13(4-6-14)27(35,36)37/h2,7-8,11,13-14,18H,3-6,9-10H2,1H3,(H,38,44)(H,39,45)(H2,40,41,42,43)/t11?,13-,14-. The second kappa shape index (κ2) is 14.0. The zero-order chi connectivity index (χ0) is 34.0. The highest BCUT2D eigenvalue weighted by molar-refractivity contribution is 6.39. The number of imidazole rings is 1. The van der Waals surface area contributed by atoms with Gasteiger partial charge in [0, 0.05) is 12.6 Å². The maximum atomic E-state index is 13.1. The molecule has 0 spiro atoms. The monoisotopic (exact) mass is 704 g/mol. The van der Waals surface area contributed by atoms with E-state index in [-0.39, 0.29) is 76.2 Å². The number of hydrogen-bond acceptors (Lipinski definition) is 6. The molecule has 1 aliphatic carbocycles. The van der Waals surface area contributed by atoms with Crippen molar-refractivity contribution in [3.8, 4) is 5.88 Å². The zero-order valence-corrected chi connectivity index (χ0v) is 25.2. The average molecular weight is 705 g/mol. The summed E-state index contributed by atoms with van der Waals surface area (Å²) < 4.78 is 109. The summed E-state index contributed by atoms with van der Waals surface area (Å²) in [6, 6.07) is 3.38. The van der Waals surface area contributed by atoms with Crippen LogP contribution in [0.25, 0.3) is 11.2 Å². The second-order valence-electron chi connectivity index (χ2n) is 10.6. The van der Waals surface area contributed by atoms with Gasteiger partial charge in [0.15, 0.2) is 12.3 Å². The molecular weight excluding hydrogens is 679 g/mol. The number of aromatic amines is 1. The van der Waals surface area contributed by atoms with Crippen molar-refractivity contribution in [2.24, 2.45) is 11.8 Å². The molecule has 2 aromatic heterocycles. The Kier molecular flexibility index (Phi) is 10.8. The molecule has 4 N–H and O–H groups in total. The van der Waals surface area contributed by atoms with Crippen LogP contribution in [0.2, 0.25) is 10.0 Å². The third-order valence-electron chi connectivity index (χ3n) is 7.31. The zero-order valence-electron chi connectivity index (χ0n) is 23.7. The van der Waals surface area contributed by atoms with E-state index in [1.54, 1.807) is 0 Å². The molecule has 3 aromatic rings. The van der Waals surface area contributed by atoms with Crippen molar-refractivity contribution in [3.63, 3.8) is 0 Å². The van der Waals surface area contributed by atoms with E-state index in [4.69, 9.17) is 27.9 Å². The number of benzene rings is 1. The van der Waals surface area contributed by atoms with Gasteiger partial charge in [-0.2, -0.15) is 36.3 Å². The molecule has 0 radical (unpaired) electrons. The van der Waals surface area contributed by atoms with Crippen molar-refractivity contribution in [1.82, 2.24) is 25.6 Å². The van der Waals surface area contributed by atoms with Crippen LogP contribution in [-0.4, -0.2) is 58.2 Å². The van der Waals surface area contributed by atoms with E-state index in [2.05, 4.69) is 30.9 Å². The van der Waals surface area contributed by atoms with Gasteiger partial charge in [-0.25, -0.2) is 8.78 Å². The van der Waals surface area contributed by atoms with E-state index < -0.39 is 61.0 Å². The molecule has 4 rings (SSSR count). The number of carbonyl (C=O) groups excluding carboxylic acids is 2. The molecule has 19 heteroatoms. The first-order valence-electron chi connectivity index (χ1n) is 13.7. The maximum absolute atomic E-state index is 13.1. The van der Waals surface area contributed by atoms with Crippen LogP contribution in [-0.2, 0) is 11.3 Å². The minimum Gasteiger partial charge on any atom is -0.471 e. The van der Waals surface area contributed by atoms with Crippen molar-refractivity contribution in [2.75, 3.05) is 11.9 Å². The molecular formula is C27H26Cl2F8N6O3. The number of H-pyrrole nitrogens is 1. The molecule has 46 heavy (non-hydrogen) atoms. The number of halogens is 10. The number of carbonyl (C=O) groups is 2. The lowest BCUT2D eigenvalue weighted by Gasteiger charge is -2.30. The number of ether oxygens (including phenoxy) is 1. The van der Waals surface area contributed by atoms with Gasteiger partial charge in [0.05, 0.1) is 27.2 Å². The quantitative estimate of drug-likeness (QED) is 0.164. The minimum absolute atomic E-state index is 0.0413. The molecule has 1 aromatic carbocycles. The number of amides is 2. The first-order valence-corrected chi connectivity index (χ1v) is 14.5. The lowest BCUT2D eigenvalue weighted by atomic mass is 9.85. The maximum Gasteiger partial charge on any atom is 0.400 e. The molecule has 1 fully saturated rings. The van der Waals surface area contributed by atoms with E-state index in [1.807, 2.05) is 0 Å². The minimum atomic E-state index is -4.74. The molecule has 0 aliphatic heterocycles. The van der Waals surface area contributed by atoms with Crippen molar-refractivity contribution in [2.45, 2.75) is 64.0 Å². The Bertz CT molecular complexity index is 1580. The predicted molar refractivity (Wildman–Crippen MR) is 151 cm³/mol. The van der Waals surface area contributed by atoms with Gasteiger partial charge in [-0.3, -0.25) is 9.59 Å². The topological polar surface area (TPSA) is 121 Å². The fourth-order valence-corrected chi connectivity index (χ4v) is 5.21. The van der Waals surface area contributed by atoms with Crippen LogP contribution in [0.4, 0.5) is 46.8 Å². The van der Waals surface area contributed by atoms with Gasteiger partial charge in [-0.1, -0.05) is 29.3 Å². The Morgan fingerprint density at radius 1 is 1.07 bits per heavy atom. The Hall–Kier alpha value is -3.60. The highest BCUT2D eigenvalue weighted by atomic mass is 35.5. The molecule has 252 valence electrons. The third-order valence-corrected chi connectivity index (χ3v) is 8.05. The predicted octanol–water partition coefficient (Wildman–Crippen LogP) is 7.32. The molecule has 2 amide bonds. The normalized spacial score (nSPS) is 18.0. The molecule has 0 bridgehead atoms. The number of nitrogens with zero attached hydrogens (tertiary/aromatic N) is 2. The lowest BCUT2D eigenvalue weighted by molar-refractivity contribution is -0.182. The first-order chi connectivity index (χ1) is 21.4. The number of aromatic nitrogens is 3. The Labute approximate surface area is 265 Å². The van der Waals surface area contributed by atoms with Crippen LogP contribution in [0, 0.1) is 11.8 Å². The summed E-state index contributed by atoms with van der Waals surface area (Å²) in [6.45, 7) is -0.767. The summed E-state index contributed by atoms with van der Waals surface area (Å²) in [4.78, 5) is 36.1. The van der Waals surface area contributed by atoms with E-state index in [0.29, 0.717) is 6.92 Å². The highest BCUT2D eigenvalue weighted by Gasteiger charge is 2.42. The van der Waals surface area contributed by atoms with E-state index in [9.17, 15) is 44.7 Å². The van der Waals surface area contributed by atoms with Crippen molar-refractivity contribution < 1.29 is 49.4 Å². The van der Waals surface area contributed by atoms with Gasteiger partial charge in [-0.15, -0.1) is 0 Å². The van der Waals surface area contributed by atoms with Crippen molar-refractivity contribution in [3.05, 3.63) is 39.4 Å². The van der Waals surface area contributed by atoms with Gasteiger partial charge in [0.2, 0.25) is 17.7 Å². The molecule has 1 aliphatic rings. The summed E-state index contributed by atoms with van der Waals surface area (Å²) >= 11 is 12.7. The molecule has 1 saturated carbocycles. The summed E-state index contributed by atoms with van der Waals surface area (Å²) in [5.41, 5.74) is -0.000315. The van der Waals surface area contributed by atoms with Crippen molar-refractivity contribution in [1.29, 1.82) is 0 Å². The van der Waals surface area contributed by atoms with E-state index >= 15 is 0 Å². The van der Waals surface area contributed by atoms with Gasteiger partial charge < -0.3 is 25.7 Å². The SMILES string of the molecule is CC(C(=O)NCc1ccc(Cl)c(Nc2nc3nc(OCC(F)F)c(C(=O)N[C@H]4CC[C@H](C(F)(F)F)CC4)cc3[nH]2)c1Cl)C(F)(F)F. The molecule has 9 nitrogen and oxygen atoms in total. The van der Waals surface area contributed by atoms with Crippen LogP contribution in [0.3, 0.4) is 0 Å². The van der Waals surface area contributed by atoms with Gasteiger partial charge in [0.25, 0.3) is 12.3 Å². The van der Waals surface area contributed by atoms with Gasteiger partial charge in [-0.05, 0) is 50.3 Å². The first kappa shape index (κ1) is 35.3. The molecule has 2 heterocycles. The van der Waals surface area contributed by atoms with Crippen LogP contribution >= 0.6 is 23.2 Å². The summed E-state index contributed by atoms with van der Waals surface area (Å²) in [5, 5.41) is 7.54. The number of pyridine rings is 1. The number of nitrogens with one attached hydrogen (secondary N) is 4. The fraction of sp³-hybridized carbons (Fsp3) is 0.481. The van der Waals surface area contributed by atoms with E-state index in [0.717, 1.165) is 0 Å². The van der Waals surface area contributed by atoms with Crippen LogP contribution in [0.15, 0.2) is 18.2 Å². The number of rotatable bonds is 10. The van der Waals surface area contributed by atoms with E-state index in [1.165, 1.54) is 18.2 Å². The summed E-state index contributed by atoms with van der Waals surface area (Å²) in [5.74, 6) is -6.35. The second-order valence-corrected chi connectivity index (χ2v) is 11.4. The smallest absolute Gasteiger partial charge is 0.400 e. The summed E-state index contributed by atoms with van der Waals surface area (Å²) in [6.07, 6.45) is -12.2. The van der Waals surface area contributed by atoms with Crippen LogP contribution in [0.5, 0.6) is 5.88 Å². The van der Waals surface area contributed by atoms with Crippen LogP contribution < -0.4 is 20.7 Å². The number of alkyl halides is 8.